The van der Waals surface area contributed by atoms with E-state index >= 15 is 0 Å². The standard InChI is InChI=1S/C21H27NO4/c1-2-18(23)14-17-8-10-21(11-9-17)25-13-12-22-15-19(24)16-26-20-6-4-3-5-7-20/h3-11,19,22,24H,2,12-16H2,1H3. The number of aliphatic hydroxyl groups excluding tert-OH is 1. The van der Waals surface area contributed by atoms with Crippen molar-refractivity contribution >= 4 is 5.78 Å². The summed E-state index contributed by atoms with van der Waals surface area (Å²) in [6.45, 7) is 3.68. The van der Waals surface area contributed by atoms with E-state index in [9.17, 15) is 9.90 Å². The monoisotopic (exact) mass is 357 g/mol. The van der Waals surface area contributed by atoms with E-state index in [0.29, 0.717) is 32.5 Å². The molecule has 0 aliphatic carbocycles. The van der Waals surface area contributed by atoms with Crippen LogP contribution in [0.5, 0.6) is 11.5 Å². The van der Waals surface area contributed by atoms with Crippen molar-refractivity contribution in [1.29, 1.82) is 0 Å². The molecule has 0 aliphatic rings. The molecule has 5 heteroatoms. The summed E-state index contributed by atoms with van der Waals surface area (Å²) in [5, 5.41) is 13.0. The third-order valence-corrected chi connectivity index (χ3v) is 3.83. The number of carbonyl (C=O) groups excluding carboxylic acids is 1. The number of benzene rings is 2. The van der Waals surface area contributed by atoms with Crippen LogP contribution in [0.1, 0.15) is 18.9 Å². The molecule has 5 nitrogen and oxygen atoms in total. The Labute approximate surface area is 155 Å². The molecule has 0 saturated carbocycles. The molecule has 0 bridgehead atoms. The topological polar surface area (TPSA) is 67.8 Å². The maximum atomic E-state index is 11.4. The number of aliphatic hydroxyl groups is 1. The Bertz CT molecular complexity index is 643. The fourth-order valence-electron chi connectivity index (χ4n) is 2.33. The number of hydrogen-bond donors (Lipinski definition) is 2. The Morgan fingerprint density at radius 3 is 2.42 bits per heavy atom. The van der Waals surface area contributed by atoms with Crippen molar-refractivity contribution in [3.8, 4) is 11.5 Å². The first kappa shape index (κ1) is 19.9. The molecule has 2 aromatic carbocycles. The van der Waals surface area contributed by atoms with Gasteiger partial charge in [0, 0.05) is 25.9 Å². The number of hydrogen-bond acceptors (Lipinski definition) is 5. The van der Waals surface area contributed by atoms with Gasteiger partial charge >= 0.3 is 0 Å². The Kier molecular flexibility index (Phi) is 8.66. The van der Waals surface area contributed by atoms with Gasteiger partial charge in [-0.25, -0.2) is 0 Å². The summed E-state index contributed by atoms with van der Waals surface area (Å²) in [6, 6.07) is 17.0. The van der Waals surface area contributed by atoms with Crippen LogP contribution in [0.4, 0.5) is 0 Å². The van der Waals surface area contributed by atoms with Crippen LogP contribution in [0, 0.1) is 0 Å². The fraction of sp³-hybridized carbons (Fsp3) is 0.381. The minimum absolute atomic E-state index is 0.234. The molecule has 0 heterocycles. The molecule has 0 aliphatic heterocycles. The van der Waals surface area contributed by atoms with Crippen molar-refractivity contribution in [2.75, 3.05) is 26.3 Å². The smallest absolute Gasteiger partial charge is 0.136 e. The number of para-hydroxylation sites is 1. The second-order valence-electron chi connectivity index (χ2n) is 6.04. The first-order valence-electron chi connectivity index (χ1n) is 8.97. The minimum atomic E-state index is -0.578. The van der Waals surface area contributed by atoms with Crippen LogP contribution in [0.25, 0.3) is 0 Å². The maximum absolute atomic E-state index is 11.4. The third kappa shape index (κ3) is 7.68. The number of nitrogens with one attached hydrogen (secondary N) is 1. The van der Waals surface area contributed by atoms with Crippen LogP contribution < -0.4 is 14.8 Å². The lowest BCUT2D eigenvalue weighted by Crippen LogP contribution is -2.33. The summed E-state index contributed by atoms with van der Waals surface area (Å²) >= 11 is 0. The van der Waals surface area contributed by atoms with Gasteiger partial charge in [0.2, 0.25) is 0 Å². The molecule has 0 amide bonds. The summed E-state index contributed by atoms with van der Waals surface area (Å²) < 4.78 is 11.1. The molecule has 0 aromatic heterocycles. The zero-order valence-corrected chi connectivity index (χ0v) is 15.2. The molecule has 1 atom stereocenters. The summed E-state index contributed by atoms with van der Waals surface area (Å²) in [7, 11) is 0. The van der Waals surface area contributed by atoms with E-state index in [2.05, 4.69) is 5.32 Å². The second-order valence-corrected chi connectivity index (χ2v) is 6.04. The predicted octanol–water partition coefficient (Wildman–Crippen LogP) is 2.62. The highest BCUT2D eigenvalue weighted by Gasteiger charge is 2.05. The Morgan fingerprint density at radius 1 is 1.04 bits per heavy atom. The molecule has 0 saturated heterocycles. The highest BCUT2D eigenvalue weighted by Crippen LogP contribution is 2.13. The van der Waals surface area contributed by atoms with E-state index < -0.39 is 6.10 Å². The SMILES string of the molecule is CCC(=O)Cc1ccc(OCCNCC(O)COc2ccccc2)cc1. The van der Waals surface area contributed by atoms with Crippen LogP contribution >= 0.6 is 0 Å². The van der Waals surface area contributed by atoms with E-state index in [4.69, 9.17) is 9.47 Å². The number of carbonyl (C=O) groups is 1. The Morgan fingerprint density at radius 2 is 1.73 bits per heavy atom. The quantitative estimate of drug-likeness (QED) is 0.572. The van der Waals surface area contributed by atoms with Gasteiger partial charge in [-0.2, -0.15) is 0 Å². The van der Waals surface area contributed by atoms with Crippen LogP contribution in [0.15, 0.2) is 54.6 Å². The lowest BCUT2D eigenvalue weighted by Gasteiger charge is -2.13. The molecule has 0 radical (unpaired) electrons. The second kappa shape index (κ2) is 11.3. The summed E-state index contributed by atoms with van der Waals surface area (Å²) in [4.78, 5) is 11.4. The number of ketones is 1. The lowest BCUT2D eigenvalue weighted by atomic mass is 10.1. The molecule has 2 N–H and O–H groups in total. The van der Waals surface area contributed by atoms with Gasteiger partial charge in [-0.1, -0.05) is 37.3 Å². The van der Waals surface area contributed by atoms with Crippen molar-refractivity contribution in [2.24, 2.45) is 0 Å². The van der Waals surface area contributed by atoms with Crippen molar-refractivity contribution in [3.63, 3.8) is 0 Å². The zero-order chi connectivity index (χ0) is 18.6. The van der Waals surface area contributed by atoms with Gasteiger partial charge in [-0.05, 0) is 29.8 Å². The van der Waals surface area contributed by atoms with Gasteiger partial charge < -0.3 is 19.9 Å². The summed E-state index contributed by atoms with van der Waals surface area (Å²) in [6.07, 6.45) is 0.457. The molecule has 140 valence electrons. The zero-order valence-electron chi connectivity index (χ0n) is 15.2. The maximum Gasteiger partial charge on any atom is 0.136 e. The summed E-state index contributed by atoms with van der Waals surface area (Å²) in [5.74, 6) is 1.75. The normalized spacial score (nSPS) is 11.8. The van der Waals surface area contributed by atoms with Gasteiger partial charge in [0.15, 0.2) is 0 Å². The van der Waals surface area contributed by atoms with E-state index in [1.54, 1.807) is 0 Å². The van der Waals surface area contributed by atoms with Crippen molar-refractivity contribution < 1.29 is 19.4 Å². The number of Topliss-reactive ketones (excluding diaryl/α,β-unsaturated/α-hetero) is 1. The van der Waals surface area contributed by atoms with E-state index in [1.165, 1.54) is 0 Å². The van der Waals surface area contributed by atoms with E-state index in [0.717, 1.165) is 17.1 Å². The van der Waals surface area contributed by atoms with Crippen LogP contribution in [0.3, 0.4) is 0 Å². The van der Waals surface area contributed by atoms with Gasteiger partial charge in [0.05, 0.1) is 0 Å². The van der Waals surface area contributed by atoms with E-state index in [-0.39, 0.29) is 12.4 Å². The first-order valence-corrected chi connectivity index (χ1v) is 8.97. The van der Waals surface area contributed by atoms with Crippen LogP contribution in [-0.4, -0.2) is 43.3 Å². The van der Waals surface area contributed by atoms with Gasteiger partial charge in [-0.15, -0.1) is 0 Å². The number of ether oxygens (including phenoxy) is 2. The average molecular weight is 357 g/mol. The first-order chi connectivity index (χ1) is 12.7. The third-order valence-electron chi connectivity index (χ3n) is 3.83. The van der Waals surface area contributed by atoms with Crippen molar-refractivity contribution in [1.82, 2.24) is 5.32 Å². The lowest BCUT2D eigenvalue weighted by molar-refractivity contribution is -0.118. The Balaban J connectivity index is 1.56. The molecular formula is C21H27NO4. The molecule has 0 spiro atoms. The fourth-order valence-corrected chi connectivity index (χ4v) is 2.33. The van der Waals surface area contributed by atoms with Gasteiger partial charge in [-0.3, -0.25) is 4.79 Å². The highest BCUT2D eigenvalue weighted by atomic mass is 16.5. The van der Waals surface area contributed by atoms with Crippen LogP contribution in [-0.2, 0) is 11.2 Å². The largest absolute Gasteiger partial charge is 0.492 e. The predicted molar refractivity (Wildman–Crippen MR) is 102 cm³/mol. The van der Waals surface area contributed by atoms with Crippen LogP contribution in [0.2, 0.25) is 0 Å². The van der Waals surface area contributed by atoms with E-state index in [1.807, 2.05) is 61.5 Å². The molecule has 2 aromatic rings. The van der Waals surface area contributed by atoms with Crippen molar-refractivity contribution in [2.45, 2.75) is 25.9 Å². The molecule has 0 fully saturated rings. The minimum Gasteiger partial charge on any atom is -0.492 e. The average Bonchev–Trinajstić information content (AvgIpc) is 2.68. The molecule has 26 heavy (non-hydrogen) atoms. The number of rotatable bonds is 12. The van der Waals surface area contributed by atoms with Gasteiger partial charge in [0.25, 0.3) is 0 Å². The molecule has 2 rings (SSSR count). The highest BCUT2D eigenvalue weighted by molar-refractivity contribution is 5.80. The Hall–Kier alpha value is -2.37. The molecule has 1 unspecified atom stereocenters. The van der Waals surface area contributed by atoms with Crippen molar-refractivity contribution in [3.05, 3.63) is 60.2 Å². The van der Waals surface area contributed by atoms with Gasteiger partial charge in [0.1, 0.15) is 36.6 Å². The summed E-state index contributed by atoms with van der Waals surface area (Å²) in [5.41, 5.74) is 1.00. The molecular weight excluding hydrogens is 330 g/mol.